The lowest BCUT2D eigenvalue weighted by atomic mass is 10.0. The molecule has 0 saturated heterocycles. The molecule has 4 heteroatoms. The Balaban J connectivity index is 2.56. The SMILES string of the molecule is CCOC(=O)CNC(CC#N)c1ccccc1. The number of esters is 1. The monoisotopic (exact) mass is 232 g/mol. The van der Waals surface area contributed by atoms with Gasteiger partial charge in [-0.3, -0.25) is 10.1 Å². The van der Waals surface area contributed by atoms with Crippen LogP contribution in [-0.4, -0.2) is 19.1 Å². The minimum Gasteiger partial charge on any atom is -0.465 e. The third-order valence-corrected chi connectivity index (χ3v) is 2.30. The van der Waals surface area contributed by atoms with Crippen LogP contribution in [0.3, 0.4) is 0 Å². The van der Waals surface area contributed by atoms with Crippen molar-refractivity contribution in [3.05, 3.63) is 35.9 Å². The fourth-order valence-electron chi connectivity index (χ4n) is 1.50. The van der Waals surface area contributed by atoms with Gasteiger partial charge in [0.15, 0.2) is 0 Å². The first-order chi connectivity index (χ1) is 8.27. The highest BCUT2D eigenvalue weighted by Crippen LogP contribution is 2.15. The van der Waals surface area contributed by atoms with Gasteiger partial charge in [0.2, 0.25) is 0 Å². The maximum Gasteiger partial charge on any atom is 0.319 e. The molecule has 0 aliphatic heterocycles. The van der Waals surface area contributed by atoms with Crippen molar-refractivity contribution in [2.45, 2.75) is 19.4 Å². The fraction of sp³-hybridized carbons (Fsp3) is 0.385. The van der Waals surface area contributed by atoms with E-state index in [0.717, 1.165) is 5.56 Å². The number of carbonyl (C=O) groups is 1. The Morgan fingerprint density at radius 1 is 1.47 bits per heavy atom. The van der Waals surface area contributed by atoms with E-state index in [9.17, 15) is 4.79 Å². The van der Waals surface area contributed by atoms with Crippen LogP contribution in [0.25, 0.3) is 0 Å². The van der Waals surface area contributed by atoms with Gasteiger partial charge in [-0.05, 0) is 12.5 Å². The summed E-state index contributed by atoms with van der Waals surface area (Å²) in [7, 11) is 0. The molecule has 0 fully saturated rings. The van der Waals surface area contributed by atoms with E-state index in [4.69, 9.17) is 10.00 Å². The van der Waals surface area contributed by atoms with Gasteiger partial charge in [-0.1, -0.05) is 30.3 Å². The molecule has 0 spiro atoms. The third kappa shape index (κ3) is 4.66. The molecule has 0 bridgehead atoms. The molecule has 1 rings (SSSR count). The Morgan fingerprint density at radius 2 is 2.18 bits per heavy atom. The molecule has 1 unspecified atom stereocenters. The summed E-state index contributed by atoms with van der Waals surface area (Å²) in [6.45, 7) is 2.26. The minimum atomic E-state index is -0.300. The molecular formula is C13H16N2O2. The Kier molecular flexibility index (Phi) is 5.76. The zero-order chi connectivity index (χ0) is 12.5. The number of nitrogens with zero attached hydrogens (tertiary/aromatic N) is 1. The van der Waals surface area contributed by atoms with Gasteiger partial charge in [0.25, 0.3) is 0 Å². The Bertz CT molecular complexity index is 384. The lowest BCUT2D eigenvalue weighted by Gasteiger charge is -2.15. The molecule has 17 heavy (non-hydrogen) atoms. The number of nitrogens with one attached hydrogen (secondary N) is 1. The van der Waals surface area contributed by atoms with Gasteiger partial charge >= 0.3 is 5.97 Å². The van der Waals surface area contributed by atoms with Crippen LogP contribution in [0.5, 0.6) is 0 Å². The molecule has 1 aromatic carbocycles. The molecule has 1 atom stereocenters. The molecule has 1 aromatic rings. The van der Waals surface area contributed by atoms with Gasteiger partial charge in [-0.25, -0.2) is 0 Å². The molecule has 90 valence electrons. The van der Waals surface area contributed by atoms with Crippen LogP contribution in [0, 0.1) is 11.3 Å². The van der Waals surface area contributed by atoms with E-state index in [1.54, 1.807) is 6.92 Å². The van der Waals surface area contributed by atoms with Crippen molar-refractivity contribution in [2.75, 3.05) is 13.2 Å². The summed E-state index contributed by atoms with van der Waals surface area (Å²) in [5, 5.41) is 11.8. The number of hydrogen-bond donors (Lipinski definition) is 1. The second kappa shape index (κ2) is 7.42. The second-order valence-electron chi connectivity index (χ2n) is 3.51. The second-order valence-corrected chi connectivity index (χ2v) is 3.51. The quantitative estimate of drug-likeness (QED) is 0.759. The van der Waals surface area contributed by atoms with E-state index < -0.39 is 0 Å². The first-order valence-corrected chi connectivity index (χ1v) is 5.58. The van der Waals surface area contributed by atoms with Crippen molar-refractivity contribution in [1.29, 1.82) is 5.26 Å². The van der Waals surface area contributed by atoms with Gasteiger partial charge in [-0.15, -0.1) is 0 Å². The van der Waals surface area contributed by atoms with Crippen LogP contribution in [0.2, 0.25) is 0 Å². The van der Waals surface area contributed by atoms with E-state index >= 15 is 0 Å². The lowest BCUT2D eigenvalue weighted by Crippen LogP contribution is -2.28. The van der Waals surface area contributed by atoms with Crippen molar-refractivity contribution in [2.24, 2.45) is 0 Å². The van der Waals surface area contributed by atoms with E-state index in [0.29, 0.717) is 13.0 Å². The minimum absolute atomic E-state index is 0.120. The number of hydrogen-bond acceptors (Lipinski definition) is 4. The molecule has 0 heterocycles. The maximum absolute atomic E-state index is 11.2. The average molecular weight is 232 g/mol. The van der Waals surface area contributed by atoms with Crippen LogP contribution in [0.1, 0.15) is 24.9 Å². The maximum atomic E-state index is 11.2. The number of ether oxygens (including phenoxy) is 1. The third-order valence-electron chi connectivity index (χ3n) is 2.30. The van der Waals surface area contributed by atoms with Gasteiger partial charge in [0.05, 0.1) is 25.6 Å². The number of benzene rings is 1. The highest BCUT2D eigenvalue weighted by atomic mass is 16.5. The Labute approximate surface area is 101 Å². The largest absolute Gasteiger partial charge is 0.465 e. The predicted octanol–water partition coefficient (Wildman–Crippen LogP) is 1.79. The zero-order valence-corrected chi connectivity index (χ0v) is 9.85. The molecule has 0 aliphatic rings. The van der Waals surface area contributed by atoms with Crippen LogP contribution in [-0.2, 0) is 9.53 Å². The topological polar surface area (TPSA) is 62.1 Å². The fourth-order valence-corrected chi connectivity index (χ4v) is 1.50. The van der Waals surface area contributed by atoms with E-state index in [1.165, 1.54) is 0 Å². The molecule has 0 aromatic heterocycles. The normalized spacial score (nSPS) is 11.5. The average Bonchev–Trinajstić information content (AvgIpc) is 2.36. The highest BCUT2D eigenvalue weighted by molar-refractivity contribution is 5.71. The summed E-state index contributed by atoms with van der Waals surface area (Å²) in [6.07, 6.45) is 0.323. The summed E-state index contributed by atoms with van der Waals surface area (Å²) in [5.41, 5.74) is 0.998. The molecule has 0 aliphatic carbocycles. The zero-order valence-electron chi connectivity index (χ0n) is 9.85. The van der Waals surface area contributed by atoms with Crippen LogP contribution >= 0.6 is 0 Å². The summed E-state index contributed by atoms with van der Waals surface area (Å²) in [5.74, 6) is -0.300. The van der Waals surface area contributed by atoms with Crippen LogP contribution in [0.15, 0.2) is 30.3 Å². The summed E-state index contributed by atoms with van der Waals surface area (Å²) >= 11 is 0. The predicted molar refractivity (Wildman–Crippen MR) is 64.0 cm³/mol. The van der Waals surface area contributed by atoms with Crippen molar-refractivity contribution in [1.82, 2.24) is 5.32 Å². The Hall–Kier alpha value is -1.86. The molecule has 0 saturated carbocycles. The van der Waals surface area contributed by atoms with Crippen molar-refractivity contribution < 1.29 is 9.53 Å². The van der Waals surface area contributed by atoms with Crippen molar-refractivity contribution in [3.8, 4) is 6.07 Å². The summed E-state index contributed by atoms with van der Waals surface area (Å²) in [6, 6.07) is 11.6. The van der Waals surface area contributed by atoms with Gasteiger partial charge in [0, 0.05) is 6.04 Å². The standard InChI is InChI=1S/C13H16N2O2/c1-2-17-13(16)10-15-12(8-9-14)11-6-4-3-5-7-11/h3-7,12,15H,2,8,10H2,1H3. The van der Waals surface area contributed by atoms with Gasteiger partial charge in [0.1, 0.15) is 0 Å². The van der Waals surface area contributed by atoms with E-state index in [2.05, 4.69) is 11.4 Å². The first-order valence-electron chi connectivity index (χ1n) is 5.58. The number of nitriles is 1. The van der Waals surface area contributed by atoms with Crippen molar-refractivity contribution >= 4 is 5.97 Å². The molecular weight excluding hydrogens is 216 g/mol. The number of carbonyl (C=O) groups excluding carboxylic acids is 1. The summed E-state index contributed by atoms with van der Waals surface area (Å²) in [4.78, 5) is 11.2. The smallest absolute Gasteiger partial charge is 0.319 e. The van der Waals surface area contributed by atoms with E-state index in [-0.39, 0.29) is 18.6 Å². The molecule has 0 amide bonds. The summed E-state index contributed by atoms with van der Waals surface area (Å²) < 4.78 is 4.82. The highest BCUT2D eigenvalue weighted by Gasteiger charge is 2.12. The van der Waals surface area contributed by atoms with Crippen LogP contribution < -0.4 is 5.32 Å². The van der Waals surface area contributed by atoms with Gasteiger partial charge in [-0.2, -0.15) is 5.26 Å². The lowest BCUT2D eigenvalue weighted by molar-refractivity contribution is -0.142. The molecule has 4 nitrogen and oxygen atoms in total. The van der Waals surface area contributed by atoms with Crippen molar-refractivity contribution in [3.63, 3.8) is 0 Å². The van der Waals surface area contributed by atoms with E-state index in [1.807, 2.05) is 30.3 Å². The Morgan fingerprint density at radius 3 is 2.76 bits per heavy atom. The van der Waals surface area contributed by atoms with Crippen LogP contribution in [0.4, 0.5) is 0 Å². The number of rotatable bonds is 6. The van der Waals surface area contributed by atoms with Gasteiger partial charge < -0.3 is 4.74 Å². The molecule has 1 N–H and O–H groups in total. The molecule has 0 radical (unpaired) electrons. The first kappa shape index (κ1) is 13.2.